The molecule has 0 spiro atoms. The van der Waals surface area contributed by atoms with E-state index in [0.29, 0.717) is 0 Å². The maximum atomic E-state index is 6.53. The molecular weight excluding hydrogens is 667 g/mol. The number of hydrogen-bond donors (Lipinski definition) is 0. The Balaban J connectivity index is 1.10. The Bertz CT molecular complexity index is 3120. The van der Waals surface area contributed by atoms with Gasteiger partial charge in [0.25, 0.3) is 0 Å². The van der Waals surface area contributed by atoms with Gasteiger partial charge < -0.3 is 9.32 Å². The van der Waals surface area contributed by atoms with Crippen molar-refractivity contribution < 1.29 is 4.42 Å². The van der Waals surface area contributed by atoms with E-state index in [2.05, 4.69) is 207 Å². The van der Waals surface area contributed by atoms with E-state index >= 15 is 0 Å². The first-order chi connectivity index (χ1) is 27.0. The van der Waals surface area contributed by atoms with Gasteiger partial charge in [0.15, 0.2) is 0 Å². The number of rotatable bonds is 5. The summed E-state index contributed by atoms with van der Waals surface area (Å²) in [5, 5.41) is 7.08. The van der Waals surface area contributed by atoms with Gasteiger partial charge in [-0.3, -0.25) is 0 Å². The summed E-state index contributed by atoms with van der Waals surface area (Å²) in [5.74, 6) is 0. The summed E-state index contributed by atoms with van der Waals surface area (Å²) in [6.07, 6.45) is 0. The van der Waals surface area contributed by atoms with Crippen molar-refractivity contribution in [3.05, 3.63) is 199 Å². The first-order valence-electron chi connectivity index (χ1n) is 19.1. The fourth-order valence-corrected chi connectivity index (χ4v) is 9.11. The van der Waals surface area contributed by atoms with E-state index in [1.807, 2.05) is 0 Å². The van der Waals surface area contributed by atoms with Crippen LogP contribution in [0.5, 0.6) is 0 Å². The normalized spacial score (nSPS) is 13.1. The second kappa shape index (κ2) is 12.1. The molecule has 1 aliphatic rings. The number of benzene rings is 9. The average molecular weight is 704 g/mol. The number of fused-ring (bicyclic) bond motifs is 9. The molecule has 0 fully saturated rings. The van der Waals surface area contributed by atoms with Crippen molar-refractivity contribution in [3.63, 3.8) is 0 Å². The highest BCUT2D eigenvalue weighted by Crippen LogP contribution is 2.51. The van der Waals surface area contributed by atoms with Gasteiger partial charge in [-0.15, -0.1) is 0 Å². The Morgan fingerprint density at radius 1 is 0.400 bits per heavy atom. The van der Waals surface area contributed by atoms with E-state index in [4.69, 9.17) is 4.42 Å². The largest absolute Gasteiger partial charge is 0.455 e. The molecule has 2 nitrogen and oxygen atoms in total. The molecule has 0 atom stereocenters. The van der Waals surface area contributed by atoms with Crippen molar-refractivity contribution in [1.29, 1.82) is 0 Å². The topological polar surface area (TPSA) is 16.4 Å². The molecule has 0 saturated heterocycles. The van der Waals surface area contributed by atoms with Crippen LogP contribution in [0.1, 0.15) is 25.0 Å². The van der Waals surface area contributed by atoms with Crippen molar-refractivity contribution in [2.45, 2.75) is 19.3 Å². The molecule has 10 aromatic rings. The van der Waals surface area contributed by atoms with Crippen LogP contribution in [0.15, 0.2) is 192 Å². The molecule has 0 N–H and O–H groups in total. The second-order valence-electron chi connectivity index (χ2n) is 15.3. The van der Waals surface area contributed by atoms with Crippen molar-refractivity contribution in [2.24, 2.45) is 0 Å². The van der Waals surface area contributed by atoms with E-state index in [-0.39, 0.29) is 5.41 Å². The fourth-order valence-electron chi connectivity index (χ4n) is 9.11. The summed E-state index contributed by atoms with van der Waals surface area (Å²) in [5.41, 5.74) is 15.2. The Morgan fingerprint density at radius 3 is 1.89 bits per heavy atom. The van der Waals surface area contributed by atoms with Gasteiger partial charge in [0.2, 0.25) is 0 Å². The predicted octanol–water partition coefficient (Wildman–Crippen LogP) is 15.0. The van der Waals surface area contributed by atoms with Crippen molar-refractivity contribution in [1.82, 2.24) is 0 Å². The summed E-state index contributed by atoms with van der Waals surface area (Å²) in [6.45, 7) is 4.71. The van der Waals surface area contributed by atoms with Crippen molar-refractivity contribution >= 4 is 60.5 Å². The summed E-state index contributed by atoms with van der Waals surface area (Å²) in [4.78, 5) is 2.44. The van der Waals surface area contributed by atoms with Gasteiger partial charge in [0.1, 0.15) is 11.2 Å². The number of para-hydroxylation sites is 1. The van der Waals surface area contributed by atoms with Gasteiger partial charge in [-0.2, -0.15) is 0 Å². The molecule has 55 heavy (non-hydrogen) atoms. The van der Waals surface area contributed by atoms with Gasteiger partial charge in [0, 0.05) is 38.5 Å². The van der Waals surface area contributed by atoms with Crippen LogP contribution in [-0.2, 0) is 5.41 Å². The summed E-state index contributed by atoms with van der Waals surface area (Å²) in [7, 11) is 0. The van der Waals surface area contributed by atoms with Crippen LogP contribution in [0.4, 0.5) is 17.1 Å². The highest BCUT2D eigenvalue weighted by molar-refractivity contribution is 6.15. The van der Waals surface area contributed by atoms with E-state index < -0.39 is 0 Å². The van der Waals surface area contributed by atoms with Gasteiger partial charge in [-0.25, -0.2) is 0 Å². The third kappa shape index (κ3) is 4.88. The first-order valence-corrected chi connectivity index (χ1v) is 19.1. The third-order valence-electron chi connectivity index (χ3n) is 11.9. The molecule has 1 aromatic heterocycles. The van der Waals surface area contributed by atoms with Crippen LogP contribution in [0.3, 0.4) is 0 Å². The highest BCUT2D eigenvalue weighted by Gasteiger charge is 2.36. The number of nitrogens with zero attached hydrogens (tertiary/aromatic N) is 1. The molecule has 1 aliphatic carbocycles. The van der Waals surface area contributed by atoms with Crippen molar-refractivity contribution in [3.8, 4) is 33.4 Å². The Labute approximate surface area is 320 Å². The minimum Gasteiger partial charge on any atom is -0.455 e. The third-order valence-corrected chi connectivity index (χ3v) is 11.9. The SMILES string of the molecule is CC1(C)c2ccccc2-c2ccc(N(c3ccc(-c4cccc5ccccc45)cc3)c3ccccc3-c3ccc4oc5c6ccccc6ccc5c4c3)cc21. The Kier molecular flexibility index (Phi) is 6.93. The molecule has 0 amide bonds. The molecule has 0 radical (unpaired) electrons. The molecule has 2 heteroatoms. The quantitative estimate of drug-likeness (QED) is 0.177. The maximum absolute atomic E-state index is 6.53. The van der Waals surface area contributed by atoms with E-state index in [0.717, 1.165) is 55.5 Å². The van der Waals surface area contributed by atoms with E-state index in [1.165, 1.54) is 49.5 Å². The van der Waals surface area contributed by atoms with Crippen LogP contribution >= 0.6 is 0 Å². The van der Waals surface area contributed by atoms with E-state index in [9.17, 15) is 0 Å². The van der Waals surface area contributed by atoms with Gasteiger partial charge in [-0.05, 0) is 104 Å². The molecule has 0 saturated carbocycles. The monoisotopic (exact) mass is 703 g/mol. The highest BCUT2D eigenvalue weighted by atomic mass is 16.3. The maximum Gasteiger partial charge on any atom is 0.143 e. The second-order valence-corrected chi connectivity index (χ2v) is 15.3. The predicted molar refractivity (Wildman–Crippen MR) is 232 cm³/mol. The zero-order valence-electron chi connectivity index (χ0n) is 30.8. The molecular formula is C53H37NO. The summed E-state index contributed by atoms with van der Waals surface area (Å²) >= 11 is 0. The molecule has 0 unspecified atom stereocenters. The van der Waals surface area contributed by atoms with E-state index in [1.54, 1.807) is 0 Å². The van der Waals surface area contributed by atoms with Crippen LogP contribution in [0.2, 0.25) is 0 Å². The van der Waals surface area contributed by atoms with Gasteiger partial charge in [0.05, 0.1) is 5.69 Å². The zero-order valence-corrected chi connectivity index (χ0v) is 30.8. The molecule has 0 aliphatic heterocycles. The van der Waals surface area contributed by atoms with Crippen molar-refractivity contribution in [2.75, 3.05) is 4.90 Å². The van der Waals surface area contributed by atoms with Crippen LogP contribution in [0.25, 0.3) is 76.9 Å². The number of anilines is 3. The van der Waals surface area contributed by atoms with Crippen LogP contribution < -0.4 is 4.90 Å². The number of hydrogen-bond acceptors (Lipinski definition) is 2. The Hall–Kier alpha value is -6.90. The molecule has 1 heterocycles. The average Bonchev–Trinajstić information content (AvgIpc) is 3.73. The van der Waals surface area contributed by atoms with Crippen LogP contribution in [0, 0.1) is 0 Å². The smallest absolute Gasteiger partial charge is 0.143 e. The molecule has 11 rings (SSSR count). The fraction of sp³-hybridized carbons (Fsp3) is 0.0566. The molecule has 260 valence electrons. The standard InChI is InChI=1S/C53H37NO/c1-53(2)48-20-9-7-18-44(48)45-30-28-39(33-49(45)53)54(38-26-22-36(23-27-38)41-19-11-14-34-12-3-5-15-40(34)41)50-21-10-8-16-42(50)37-25-31-51-47(32-37)46-29-24-35-13-4-6-17-43(35)52(46)55-51/h3-33H,1-2H3. The minimum atomic E-state index is -0.122. The minimum absolute atomic E-state index is 0.122. The Morgan fingerprint density at radius 2 is 1.04 bits per heavy atom. The van der Waals surface area contributed by atoms with Gasteiger partial charge >= 0.3 is 0 Å². The van der Waals surface area contributed by atoms with Gasteiger partial charge in [-0.1, -0.05) is 153 Å². The molecule has 9 aromatic carbocycles. The molecule has 0 bridgehead atoms. The lowest BCUT2D eigenvalue weighted by atomic mass is 9.82. The number of furan rings is 1. The summed E-state index contributed by atoms with van der Waals surface area (Å²) < 4.78 is 6.53. The zero-order chi connectivity index (χ0) is 36.7. The van der Waals surface area contributed by atoms with Crippen LogP contribution in [-0.4, -0.2) is 0 Å². The lowest BCUT2D eigenvalue weighted by Gasteiger charge is -2.30. The lowest BCUT2D eigenvalue weighted by molar-refractivity contribution is 0.660. The lowest BCUT2D eigenvalue weighted by Crippen LogP contribution is -2.16. The first kappa shape index (κ1) is 31.6. The summed E-state index contributed by atoms with van der Waals surface area (Å²) in [6, 6.07) is 68.5.